The number of pyridine rings is 1. The molecule has 2 aromatic heterocycles. The van der Waals surface area contributed by atoms with Gasteiger partial charge < -0.3 is 14.6 Å². The SMILES string of the molecule is O=C(N1CCOCC(Cc2ccc3cc[nH]c3n2)C1)C1(c2ccccc2F)CCCC1. The minimum absolute atomic E-state index is 0.0541. The summed E-state index contributed by atoms with van der Waals surface area (Å²) < 4.78 is 20.6. The van der Waals surface area contributed by atoms with Gasteiger partial charge in [0.15, 0.2) is 0 Å². The number of H-pyrrole nitrogens is 1. The van der Waals surface area contributed by atoms with Crippen molar-refractivity contribution >= 4 is 16.9 Å². The number of nitrogens with zero attached hydrogens (tertiary/aromatic N) is 2. The second kappa shape index (κ2) is 8.42. The van der Waals surface area contributed by atoms with E-state index in [1.807, 2.05) is 29.3 Å². The normalized spacial score (nSPS) is 21.3. The maximum Gasteiger partial charge on any atom is 0.233 e. The first-order valence-electron chi connectivity index (χ1n) is 11.2. The summed E-state index contributed by atoms with van der Waals surface area (Å²) in [6.07, 6.45) is 5.95. The molecule has 3 heterocycles. The van der Waals surface area contributed by atoms with Crippen LogP contribution < -0.4 is 0 Å². The number of benzene rings is 1. The first-order valence-corrected chi connectivity index (χ1v) is 11.2. The number of carbonyl (C=O) groups is 1. The van der Waals surface area contributed by atoms with E-state index in [4.69, 9.17) is 9.72 Å². The lowest BCUT2D eigenvalue weighted by Gasteiger charge is -2.35. The number of amides is 1. The van der Waals surface area contributed by atoms with E-state index in [2.05, 4.69) is 11.1 Å². The summed E-state index contributed by atoms with van der Waals surface area (Å²) in [5.74, 6) is -0.0624. The largest absolute Gasteiger partial charge is 0.379 e. The van der Waals surface area contributed by atoms with Crippen LogP contribution >= 0.6 is 0 Å². The Morgan fingerprint density at radius 1 is 1.19 bits per heavy atom. The van der Waals surface area contributed by atoms with Crippen LogP contribution in [0.4, 0.5) is 4.39 Å². The summed E-state index contributed by atoms with van der Waals surface area (Å²) in [4.78, 5) is 23.6. The number of rotatable bonds is 4. The van der Waals surface area contributed by atoms with Gasteiger partial charge >= 0.3 is 0 Å². The van der Waals surface area contributed by atoms with E-state index in [1.165, 1.54) is 6.07 Å². The molecule has 0 spiro atoms. The lowest BCUT2D eigenvalue weighted by atomic mass is 9.77. The smallest absolute Gasteiger partial charge is 0.233 e. The molecule has 2 aliphatic rings. The Labute approximate surface area is 181 Å². The molecule has 5 rings (SSSR count). The van der Waals surface area contributed by atoms with Crippen LogP contribution in [0.5, 0.6) is 0 Å². The number of carbonyl (C=O) groups excluding carboxylic acids is 1. The number of aromatic nitrogens is 2. The number of aromatic amines is 1. The molecule has 6 heteroatoms. The monoisotopic (exact) mass is 421 g/mol. The summed E-state index contributed by atoms with van der Waals surface area (Å²) in [5.41, 5.74) is 1.67. The number of hydrogen-bond acceptors (Lipinski definition) is 3. The average Bonchev–Trinajstić information content (AvgIpc) is 3.40. The van der Waals surface area contributed by atoms with Crippen molar-refractivity contribution in [2.24, 2.45) is 5.92 Å². The maximum atomic E-state index is 14.8. The summed E-state index contributed by atoms with van der Waals surface area (Å²) in [7, 11) is 0. The molecule has 1 amide bonds. The molecule has 2 fully saturated rings. The Balaban J connectivity index is 1.38. The Morgan fingerprint density at radius 2 is 2.03 bits per heavy atom. The van der Waals surface area contributed by atoms with Gasteiger partial charge in [-0.15, -0.1) is 0 Å². The molecule has 1 saturated heterocycles. The molecular formula is C25H28FN3O2. The van der Waals surface area contributed by atoms with Crippen molar-refractivity contribution < 1.29 is 13.9 Å². The van der Waals surface area contributed by atoms with Gasteiger partial charge in [0.05, 0.1) is 18.6 Å². The molecule has 1 aliphatic heterocycles. The second-order valence-electron chi connectivity index (χ2n) is 8.88. The van der Waals surface area contributed by atoms with Gasteiger partial charge in [-0.25, -0.2) is 9.37 Å². The third kappa shape index (κ3) is 3.85. The number of halogens is 1. The topological polar surface area (TPSA) is 58.2 Å². The van der Waals surface area contributed by atoms with Gasteiger partial charge in [-0.05, 0) is 43.5 Å². The van der Waals surface area contributed by atoms with Gasteiger partial charge in [-0.1, -0.05) is 31.0 Å². The average molecular weight is 422 g/mol. The third-order valence-corrected chi connectivity index (χ3v) is 6.85. The minimum atomic E-state index is -0.748. The van der Waals surface area contributed by atoms with Crippen LogP contribution in [0.1, 0.15) is 36.9 Å². The number of ether oxygens (including phenoxy) is 1. The minimum Gasteiger partial charge on any atom is -0.379 e. The molecule has 162 valence electrons. The fourth-order valence-electron chi connectivity index (χ4n) is 5.30. The van der Waals surface area contributed by atoms with E-state index in [9.17, 15) is 9.18 Å². The molecule has 5 nitrogen and oxygen atoms in total. The van der Waals surface area contributed by atoms with Crippen molar-refractivity contribution in [2.45, 2.75) is 37.5 Å². The predicted molar refractivity (Wildman–Crippen MR) is 117 cm³/mol. The van der Waals surface area contributed by atoms with E-state index in [1.54, 1.807) is 12.1 Å². The standard InChI is InChI=1S/C25H28FN3O2/c26-22-6-2-1-5-21(22)25(10-3-4-11-25)24(30)29-13-14-31-17-18(16-29)15-20-8-7-19-9-12-27-23(19)28-20/h1-2,5-9,12,18H,3-4,10-11,13-17H2,(H,27,28). The zero-order chi connectivity index (χ0) is 21.3. The lowest BCUT2D eigenvalue weighted by Crippen LogP contribution is -2.48. The molecule has 1 aliphatic carbocycles. The lowest BCUT2D eigenvalue weighted by molar-refractivity contribution is -0.138. The van der Waals surface area contributed by atoms with Gasteiger partial charge in [0.1, 0.15) is 11.5 Å². The van der Waals surface area contributed by atoms with Crippen LogP contribution in [0.3, 0.4) is 0 Å². The van der Waals surface area contributed by atoms with E-state index in [0.29, 0.717) is 44.7 Å². The molecule has 3 aromatic rings. The zero-order valence-corrected chi connectivity index (χ0v) is 17.6. The fraction of sp³-hybridized carbons (Fsp3) is 0.440. The Hall–Kier alpha value is -2.73. The molecule has 31 heavy (non-hydrogen) atoms. The highest BCUT2D eigenvalue weighted by molar-refractivity contribution is 5.89. The summed E-state index contributed by atoms with van der Waals surface area (Å²) in [6.45, 7) is 2.27. The van der Waals surface area contributed by atoms with Gasteiger partial charge in [-0.3, -0.25) is 4.79 Å². The summed E-state index contributed by atoms with van der Waals surface area (Å²) in [6, 6.07) is 12.9. The highest BCUT2D eigenvalue weighted by atomic mass is 19.1. The van der Waals surface area contributed by atoms with Crippen LogP contribution in [0.25, 0.3) is 11.0 Å². The van der Waals surface area contributed by atoms with E-state index in [0.717, 1.165) is 36.0 Å². The molecular weight excluding hydrogens is 393 g/mol. The molecule has 1 unspecified atom stereocenters. The van der Waals surface area contributed by atoms with Crippen LogP contribution in [0.15, 0.2) is 48.7 Å². The third-order valence-electron chi connectivity index (χ3n) is 6.85. The van der Waals surface area contributed by atoms with Crippen LogP contribution in [-0.2, 0) is 21.4 Å². The number of hydrogen-bond donors (Lipinski definition) is 1. The zero-order valence-electron chi connectivity index (χ0n) is 17.6. The van der Waals surface area contributed by atoms with E-state index >= 15 is 0 Å². The Morgan fingerprint density at radius 3 is 2.87 bits per heavy atom. The number of fused-ring (bicyclic) bond motifs is 1. The van der Waals surface area contributed by atoms with Crippen LogP contribution in [0, 0.1) is 11.7 Å². The molecule has 1 aromatic carbocycles. The quantitative estimate of drug-likeness (QED) is 0.686. The molecule has 0 bridgehead atoms. The Kier molecular flexibility index (Phi) is 5.48. The molecule has 1 atom stereocenters. The second-order valence-corrected chi connectivity index (χ2v) is 8.88. The number of nitrogens with one attached hydrogen (secondary N) is 1. The van der Waals surface area contributed by atoms with Crippen LogP contribution in [-0.4, -0.2) is 47.1 Å². The summed E-state index contributed by atoms with van der Waals surface area (Å²) >= 11 is 0. The Bertz CT molecular complexity index is 1070. The molecule has 1 N–H and O–H groups in total. The van der Waals surface area contributed by atoms with E-state index < -0.39 is 5.41 Å². The first kappa shape index (κ1) is 20.2. The van der Waals surface area contributed by atoms with Gasteiger partial charge in [0.2, 0.25) is 5.91 Å². The van der Waals surface area contributed by atoms with E-state index in [-0.39, 0.29) is 17.6 Å². The van der Waals surface area contributed by atoms with Gasteiger partial charge in [-0.2, -0.15) is 0 Å². The first-order chi connectivity index (χ1) is 15.2. The van der Waals surface area contributed by atoms with Crippen molar-refractivity contribution in [1.82, 2.24) is 14.9 Å². The van der Waals surface area contributed by atoms with Crippen LogP contribution in [0.2, 0.25) is 0 Å². The van der Waals surface area contributed by atoms with Crippen molar-refractivity contribution in [2.75, 3.05) is 26.3 Å². The highest BCUT2D eigenvalue weighted by Gasteiger charge is 2.46. The van der Waals surface area contributed by atoms with Gasteiger partial charge in [0.25, 0.3) is 0 Å². The summed E-state index contributed by atoms with van der Waals surface area (Å²) in [5, 5.41) is 1.09. The maximum absolute atomic E-state index is 14.8. The van der Waals surface area contributed by atoms with Gasteiger partial charge in [0, 0.05) is 41.8 Å². The van der Waals surface area contributed by atoms with Crippen molar-refractivity contribution in [3.05, 3.63) is 65.7 Å². The molecule has 0 radical (unpaired) electrons. The van der Waals surface area contributed by atoms with Crippen molar-refractivity contribution in [3.63, 3.8) is 0 Å². The van der Waals surface area contributed by atoms with Crippen molar-refractivity contribution in [3.8, 4) is 0 Å². The van der Waals surface area contributed by atoms with Crippen molar-refractivity contribution in [1.29, 1.82) is 0 Å². The predicted octanol–water partition coefficient (Wildman–Crippen LogP) is 4.23. The highest BCUT2D eigenvalue weighted by Crippen LogP contribution is 2.44. The fourth-order valence-corrected chi connectivity index (χ4v) is 5.30. The molecule has 1 saturated carbocycles.